The molecule has 0 aliphatic carbocycles. The van der Waals surface area contributed by atoms with Gasteiger partial charge in [-0.05, 0) is 18.6 Å². The molecule has 3 aromatic rings. The van der Waals surface area contributed by atoms with E-state index in [-0.39, 0.29) is 0 Å². The van der Waals surface area contributed by atoms with Crippen LogP contribution in [0.25, 0.3) is 22.5 Å². The summed E-state index contributed by atoms with van der Waals surface area (Å²) in [7, 11) is 0. The molecule has 110 valence electrons. The molecule has 0 saturated carbocycles. The van der Waals surface area contributed by atoms with E-state index in [0.717, 1.165) is 35.7 Å². The first-order valence-corrected chi connectivity index (χ1v) is 7.77. The topological polar surface area (TPSA) is 34.0 Å². The molecular weight excluding hydrogens is 292 g/mol. The van der Waals surface area contributed by atoms with Crippen molar-refractivity contribution in [2.24, 2.45) is 0 Å². The summed E-state index contributed by atoms with van der Waals surface area (Å²) in [6.07, 6.45) is 0. The van der Waals surface area contributed by atoms with Crippen molar-refractivity contribution in [2.45, 2.75) is 20.0 Å². The third-order valence-corrected chi connectivity index (χ3v) is 4.42. The first-order valence-electron chi connectivity index (χ1n) is 7.37. The lowest BCUT2D eigenvalue weighted by molar-refractivity contribution is 0.632. The maximum Gasteiger partial charge on any atom is 0.123 e. The first kappa shape index (κ1) is 13.4. The molecule has 0 unspecified atom stereocenters. The van der Waals surface area contributed by atoms with E-state index < -0.39 is 0 Å². The van der Waals surface area contributed by atoms with E-state index in [1.165, 1.54) is 11.1 Å². The van der Waals surface area contributed by atoms with Crippen LogP contribution in [0.15, 0.2) is 48.5 Å². The number of rotatable bonds is 1. The van der Waals surface area contributed by atoms with Crippen LogP contribution in [0.3, 0.4) is 0 Å². The van der Waals surface area contributed by atoms with Gasteiger partial charge in [0.15, 0.2) is 0 Å². The van der Waals surface area contributed by atoms with E-state index in [1.54, 1.807) is 0 Å². The summed E-state index contributed by atoms with van der Waals surface area (Å²) < 4.78 is 3.95. The van der Waals surface area contributed by atoms with Gasteiger partial charge in [-0.25, -0.2) is 4.68 Å². The lowest BCUT2D eigenvalue weighted by Crippen LogP contribution is -2.14. The molecule has 1 aromatic heterocycles. The Labute approximate surface area is 134 Å². The van der Waals surface area contributed by atoms with Crippen LogP contribution in [0.1, 0.15) is 12.5 Å². The minimum atomic E-state index is 0.741. The normalized spacial score (nSPS) is 12.9. The zero-order valence-corrected chi connectivity index (χ0v) is 13.2. The molecule has 4 rings (SSSR count). The number of anilines is 1. The third kappa shape index (κ3) is 1.93. The Balaban J connectivity index is 2.10. The number of hydrogen-bond donors (Lipinski definition) is 1. The van der Waals surface area contributed by atoms with Gasteiger partial charge in [0.25, 0.3) is 0 Å². The van der Waals surface area contributed by atoms with E-state index in [1.807, 2.05) is 21.1 Å². The van der Waals surface area contributed by atoms with Crippen molar-refractivity contribution in [3.8, 4) is 22.5 Å². The molecule has 1 aliphatic heterocycles. The summed E-state index contributed by atoms with van der Waals surface area (Å²) in [6, 6.07) is 16.6. The van der Waals surface area contributed by atoms with Crippen LogP contribution in [0, 0.1) is 0 Å². The number of thiol groups is 1. The Hall–Kier alpha value is -2.27. The number of benzene rings is 2. The molecule has 2 aromatic carbocycles. The summed E-state index contributed by atoms with van der Waals surface area (Å²) in [5.41, 5.74) is 6.55. The number of fused-ring (bicyclic) bond motifs is 5. The molecule has 0 saturated heterocycles. The minimum absolute atomic E-state index is 0.741. The first-order chi connectivity index (χ1) is 10.8. The van der Waals surface area contributed by atoms with E-state index in [9.17, 15) is 0 Å². The van der Waals surface area contributed by atoms with Gasteiger partial charge in [-0.15, -0.1) is 5.10 Å². The smallest absolute Gasteiger partial charge is 0.123 e. The molecular formula is C17H16N4S. The summed E-state index contributed by atoms with van der Waals surface area (Å²) in [5, 5.41) is 8.80. The largest absolute Gasteiger partial charge is 0.314 e. The molecule has 2 heterocycles. The van der Waals surface area contributed by atoms with Crippen molar-refractivity contribution in [1.29, 1.82) is 0 Å². The number of para-hydroxylation sites is 1. The Morgan fingerprint density at radius 2 is 1.77 bits per heavy atom. The van der Waals surface area contributed by atoms with Gasteiger partial charge in [0.2, 0.25) is 0 Å². The van der Waals surface area contributed by atoms with Gasteiger partial charge < -0.3 is 4.31 Å². The van der Waals surface area contributed by atoms with Crippen molar-refractivity contribution in [2.75, 3.05) is 4.31 Å². The van der Waals surface area contributed by atoms with Crippen LogP contribution in [-0.4, -0.2) is 15.0 Å². The van der Waals surface area contributed by atoms with Gasteiger partial charge in [0, 0.05) is 17.7 Å². The number of aryl methyl sites for hydroxylation is 1. The lowest BCUT2D eigenvalue weighted by Gasteiger charge is -2.25. The Kier molecular flexibility index (Phi) is 3.15. The quantitative estimate of drug-likeness (QED) is 0.694. The Morgan fingerprint density at radius 3 is 2.59 bits per heavy atom. The average molecular weight is 308 g/mol. The predicted octanol–water partition coefficient (Wildman–Crippen LogP) is 3.80. The van der Waals surface area contributed by atoms with E-state index in [4.69, 9.17) is 0 Å². The van der Waals surface area contributed by atoms with Crippen molar-refractivity contribution < 1.29 is 0 Å². The summed E-state index contributed by atoms with van der Waals surface area (Å²) in [6.45, 7) is 3.63. The zero-order chi connectivity index (χ0) is 15.1. The molecule has 1 aliphatic rings. The molecule has 4 nitrogen and oxygen atoms in total. The van der Waals surface area contributed by atoms with Gasteiger partial charge in [0.05, 0.1) is 17.9 Å². The Morgan fingerprint density at radius 1 is 1.05 bits per heavy atom. The van der Waals surface area contributed by atoms with Gasteiger partial charge in [-0.1, -0.05) is 60.5 Å². The van der Waals surface area contributed by atoms with Crippen LogP contribution >= 0.6 is 12.8 Å². The lowest BCUT2D eigenvalue weighted by atomic mass is 9.97. The second-order valence-electron chi connectivity index (χ2n) is 5.33. The van der Waals surface area contributed by atoms with Crippen LogP contribution in [-0.2, 0) is 13.1 Å². The van der Waals surface area contributed by atoms with Crippen molar-refractivity contribution in [3.05, 3.63) is 54.1 Å². The predicted molar refractivity (Wildman–Crippen MR) is 91.7 cm³/mol. The molecule has 0 bridgehead atoms. The van der Waals surface area contributed by atoms with Crippen molar-refractivity contribution in [3.63, 3.8) is 0 Å². The highest BCUT2D eigenvalue weighted by Gasteiger charge is 2.24. The molecule has 0 fully saturated rings. The minimum Gasteiger partial charge on any atom is -0.314 e. The molecule has 0 atom stereocenters. The SMILES string of the molecule is CCn1nnc2c1-c1ccccc1CN(S)c1ccccc1-2. The van der Waals surface area contributed by atoms with Gasteiger partial charge in [-0.3, -0.25) is 0 Å². The summed E-state index contributed by atoms with van der Waals surface area (Å²) in [5.74, 6) is 0. The fraction of sp³-hybridized carbons (Fsp3) is 0.176. The zero-order valence-electron chi connectivity index (χ0n) is 12.3. The maximum atomic E-state index is 4.68. The van der Waals surface area contributed by atoms with Crippen molar-refractivity contribution >= 4 is 18.5 Å². The molecule has 0 amide bonds. The summed E-state index contributed by atoms with van der Waals surface area (Å²) in [4.78, 5) is 0. The third-order valence-electron chi connectivity index (χ3n) is 4.06. The molecule has 0 radical (unpaired) electrons. The van der Waals surface area contributed by atoms with E-state index in [0.29, 0.717) is 0 Å². The van der Waals surface area contributed by atoms with E-state index in [2.05, 4.69) is 66.4 Å². The highest BCUT2D eigenvalue weighted by atomic mass is 32.1. The second kappa shape index (κ2) is 5.18. The van der Waals surface area contributed by atoms with Gasteiger partial charge >= 0.3 is 0 Å². The van der Waals surface area contributed by atoms with Crippen LogP contribution in [0.4, 0.5) is 5.69 Å². The molecule has 5 heteroatoms. The molecule has 0 spiro atoms. The second-order valence-corrected chi connectivity index (χ2v) is 5.82. The number of aromatic nitrogens is 3. The highest BCUT2D eigenvalue weighted by Crippen LogP contribution is 2.41. The van der Waals surface area contributed by atoms with Crippen molar-refractivity contribution in [1.82, 2.24) is 15.0 Å². The molecule has 0 N–H and O–H groups in total. The number of hydrogen-bond acceptors (Lipinski definition) is 4. The maximum absolute atomic E-state index is 4.68. The Bertz CT molecular complexity index is 840. The van der Waals surface area contributed by atoms with Gasteiger partial charge in [0.1, 0.15) is 5.69 Å². The fourth-order valence-electron chi connectivity index (χ4n) is 3.02. The monoisotopic (exact) mass is 308 g/mol. The van der Waals surface area contributed by atoms with Crippen LogP contribution in [0.5, 0.6) is 0 Å². The van der Waals surface area contributed by atoms with E-state index >= 15 is 0 Å². The van der Waals surface area contributed by atoms with Crippen LogP contribution in [0.2, 0.25) is 0 Å². The molecule has 22 heavy (non-hydrogen) atoms. The van der Waals surface area contributed by atoms with Gasteiger partial charge in [-0.2, -0.15) is 0 Å². The average Bonchev–Trinajstić information content (AvgIpc) is 2.97. The number of nitrogens with zero attached hydrogens (tertiary/aromatic N) is 4. The highest BCUT2D eigenvalue weighted by molar-refractivity contribution is 7.81. The van der Waals surface area contributed by atoms with Crippen LogP contribution < -0.4 is 4.31 Å². The standard InChI is InChI=1S/C17H16N4S/c1-2-20-17-13-8-4-3-7-12(13)11-21(22)15-10-6-5-9-14(15)16(17)18-19-20/h3-10,22H,2,11H2,1H3. The fourth-order valence-corrected chi connectivity index (χ4v) is 3.34. The summed E-state index contributed by atoms with van der Waals surface area (Å²) >= 11 is 4.68.